The molecule has 19 heavy (non-hydrogen) atoms. The SMILES string of the molecule is O=C(c1cc[nH]c(=O)c1)N1CCC2(CC1)OCCO2. The zero-order valence-electron chi connectivity index (χ0n) is 10.6. The van der Waals surface area contributed by atoms with Crippen LogP contribution in [0.1, 0.15) is 23.2 Å². The topological polar surface area (TPSA) is 71.6 Å². The number of piperidine rings is 1. The van der Waals surface area contributed by atoms with Crippen molar-refractivity contribution in [1.29, 1.82) is 0 Å². The Morgan fingerprint density at radius 1 is 1.26 bits per heavy atom. The standard InChI is InChI=1S/C13H16N2O4/c16-11-9-10(1-4-14-11)12(17)15-5-2-13(3-6-15)18-7-8-19-13/h1,4,9H,2-3,5-8H2,(H,14,16). The number of nitrogens with one attached hydrogen (secondary N) is 1. The van der Waals surface area contributed by atoms with Gasteiger partial charge in [-0.25, -0.2) is 0 Å². The molecule has 3 heterocycles. The Hall–Kier alpha value is -1.66. The number of likely N-dealkylation sites (tertiary alicyclic amines) is 1. The Balaban J connectivity index is 1.68. The molecule has 0 atom stereocenters. The smallest absolute Gasteiger partial charge is 0.254 e. The van der Waals surface area contributed by atoms with Crippen molar-refractivity contribution in [2.75, 3.05) is 26.3 Å². The second kappa shape index (κ2) is 4.79. The van der Waals surface area contributed by atoms with Crippen LogP contribution in [0.25, 0.3) is 0 Å². The molecule has 1 aromatic rings. The number of amides is 1. The number of nitrogens with zero attached hydrogens (tertiary/aromatic N) is 1. The zero-order chi connectivity index (χ0) is 13.3. The van der Waals surface area contributed by atoms with Gasteiger partial charge in [-0.15, -0.1) is 0 Å². The molecule has 1 amide bonds. The van der Waals surface area contributed by atoms with E-state index in [0.29, 0.717) is 44.7 Å². The van der Waals surface area contributed by atoms with Gasteiger partial charge in [-0.1, -0.05) is 0 Å². The lowest BCUT2D eigenvalue weighted by atomic mass is 10.0. The summed E-state index contributed by atoms with van der Waals surface area (Å²) in [7, 11) is 0. The minimum absolute atomic E-state index is 0.112. The molecule has 1 aromatic heterocycles. The fraction of sp³-hybridized carbons (Fsp3) is 0.538. The van der Waals surface area contributed by atoms with Crippen LogP contribution in [0, 0.1) is 0 Å². The summed E-state index contributed by atoms with van der Waals surface area (Å²) in [6, 6.07) is 2.95. The van der Waals surface area contributed by atoms with Crippen LogP contribution in [0.3, 0.4) is 0 Å². The Bertz CT molecular complexity index is 523. The number of carbonyl (C=O) groups is 1. The van der Waals surface area contributed by atoms with Crippen molar-refractivity contribution in [1.82, 2.24) is 9.88 Å². The monoisotopic (exact) mass is 264 g/mol. The number of H-pyrrole nitrogens is 1. The maximum absolute atomic E-state index is 12.2. The lowest BCUT2D eigenvalue weighted by molar-refractivity contribution is -0.181. The number of aromatic nitrogens is 1. The van der Waals surface area contributed by atoms with E-state index in [1.54, 1.807) is 11.0 Å². The highest BCUT2D eigenvalue weighted by Gasteiger charge is 2.40. The van der Waals surface area contributed by atoms with Crippen molar-refractivity contribution in [2.45, 2.75) is 18.6 Å². The maximum Gasteiger partial charge on any atom is 0.254 e. The Morgan fingerprint density at radius 3 is 2.58 bits per heavy atom. The largest absolute Gasteiger partial charge is 0.347 e. The molecular formula is C13H16N2O4. The first kappa shape index (κ1) is 12.4. The average Bonchev–Trinajstić information content (AvgIpc) is 2.87. The van der Waals surface area contributed by atoms with Crippen LogP contribution in [-0.4, -0.2) is 47.9 Å². The fourth-order valence-corrected chi connectivity index (χ4v) is 2.60. The molecule has 6 heteroatoms. The van der Waals surface area contributed by atoms with Crippen LogP contribution in [0.5, 0.6) is 0 Å². The maximum atomic E-state index is 12.2. The Morgan fingerprint density at radius 2 is 1.95 bits per heavy atom. The molecule has 1 spiro atoms. The van der Waals surface area contributed by atoms with E-state index in [9.17, 15) is 9.59 Å². The van der Waals surface area contributed by atoms with Gasteiger partial charge in [0.1, 0.15) is 0 Å². The number of ether oxygens (including phenoxy) is 2. The predicted molar refractivity (Wildman–Crippen MR) is 66.8 cm³/mol. The van der Waals surface area contributed by atoms with Crippen molar-refractivity contribution in [3.63, 3.8) is 0 Å². The highest BCUT2D eigenvalue weighted by molar-refractivity contribution is 5.94. The van der Waals surface area contributed by atoms with E-state index in [1.807, 2.05) is 0 Å². The molecule has 0 saturated carbocycles. The Kier molecular flexibility index (Phi) is 3.12. The van der Waals surface area contributed by atoms with Crippen LogP contribution in [0.15, 0.2) is 23.1 Å². The zero-order valence-corrected chi connectivity index (χ0v) is 10.6. The molecule has 2 aliphatic heterocycles. The molecule has 0 radical (unpaired) electrons. The number of carbonyl (C=O) groups excluding carboxylic acids is 1. The van der Waals surface area contributed by atoms with Crippen molar-refractivity contribution >= 4 is 5.91 Å². The quantitative estimate of drug-likeness (QED) is 0.794. The second-order valence-corrected chi connectivity index (χ2v) is 4.84. The van der Waals surface area contributed by atoms with Crippen molar-refractivity contribution < 1.29 is 14.3 Å². The van der Waals surface area contributed by atoms with Gasteiger partial charge in [-0.2, -0.15) is 0 Å². The minimum Gasteiger partial charge on any atom is -0.347 e. The molecule has 102 valence electrons. The number of hydrogen-bond donors (Lipinski definition) is 1. The van der Waals surface area contributed by atoms with Gasteiger partial charge in [-0.3, -0.25) is 9.59 Å². The third kappa shape index (κ3) is 2.41. The summed E-state index contributed by atoms with van der Waals surface area (Å²) in [5, 5.41) is 0. The lowest BCUT2D eigenvalue weighted by Gasteiger charge is -2.37. The van der Waals surface area contributed by atoms with Gasteiger partial charge in [0, 0.05) is 43.8 Å². The van der Waals surface area contributed by atoms with E-state index < -0.39 is 5.79 Å². The molecule has 6 nitrogen and oxygen atoms in total. The summed E-state index contributed by atoms with van der Waals surface area (Å²) in [6.45, 7) is 2.43. The first-order valence-electron chi connectivity index (χ1n) is 6.45. The van der Waals surface area contributed by atoms with Gasteiger partial charge in [0.2, 0.25) is 5.56 Å². The highest BCUT2D eigenvalue weighted by atomic mass is 16.7. The first-order chi connectivity index (χ1) is 9.19. The van der Waals surface area contributed by atoms with Gasteiger partial charge < -0.3 is 19.4 Å². The van der Waals surface area contributed by atoms with Crippen LogP contribution < -0.4 is 5.56 Å². The normalized spacial score (nSPS) is 21.8. The molecule has 2 aliphatic rings. The lowest BCUT2D eigenvalue weighted by Crippen LogP contribution is -2.47. The van der Waals surface area contributed by atoms with Crippen LogP contribution >= 0.6 is 0 Å². The van der Waals surface area contributed by atoms with E-state index in [0.717, 1.165) is 0 Å². The molecule has 2 saturated heterocycles. The van der Waals surface area contributed by atoms with Gasteiger partial charge in [-0.05, 0) is 6.07 Å². The van der Waals surface area contributed by atoms with Gasteiger partial charge in [0.05, 0.1) is 13.2 Å². The molecule has 3 rings (SSSR count). The van der Waals surface area contributed by atoms with E-state index in [-0.39, 0.29) is 11.5 Å². The molecule has 1 N–H and O–H groups in total. The predicted octanol–water partition coefficient (Wildman–Crippen LogP) is 0.354. The van der Waals surface area contributed by atoms with Crippen LogP contribution in [0.4, 0.5) is 0 Å². The van der Waals surface area contributed by atoms with Gasteiger partial charge in [0.25, 0.3) is 5.91 Å². The van der Waals surface area contributed by atoms with Crippen molar-refractivity contribution in [2.24, 2.45) is 0 Å². The third-order valence-corrected chi connectivity index (χ3v) is 3.65. The molecule has 0 aliphatic carbocycles. The van der Waals surface area contributed by atoms with E-state index in [4.69, 9.17) is 9.47 Å². The summed E-state index contributed by atoms with van der Waals surface area (Å²) in [6.07, 6.45) is 2.86. The summed E-state index contributed by atoms with van der Waals surface area (Å²) in [5.41, 5.74) is 0.162. The van der Waals surface area contributed by atoms with Crippen LogP contribution in [0.2, 0.25) is 0 Å². The van der Waals surface area contributed by atoms with E-state index >= 15 is 0 Å². The van der Waals surface area contributed by atoms with Gasteiger partial charge >= 0.3 is 0 Å². The number of aromatic amines is 1. The van der Waals surface area contributed by atoms with Crippen molar-refractivity contribution in [3.05, 3.63) is 34.2 Å². The number of rotatable bonds is 1. The molecule has 2 fully saturated rings. The Labute approximate surface area is 110 Å². The van der Waals surface area contributed by atoms with Crippen LogP contribution in [-0.2, 0) is 9.47 Å². The molecular weight excluding hydrogens is 248 g/mol. The number of hydrogen-bond acceptors (Lipinski definition) is 4. The molecule has 0 unspecified atom stereocenters. The summed E-state index contributed by atoms with van der Waals surface area (Å²) in [4.78, 5) is 27.7. The fourth-order valence-electron chi connectivity index (χ4n) is 2.60. The molecule has 0 bridgehead atoms. The summed E-state index contributed by atoms with van der Waals surface area (Å²) < 4.78 is 11.2. The highest BCUT2D eigenvalue weighted by Crippen LogP contribution is 2.31. The molecule has 0 aromatic carbocycles. The minimum atomic E-state index is -0.481. The van der Waals surface area contributed by atoms with Gasteiger partial charge in [0.15, 0.2) is 5.79 Å². The number of pyridine rings is 1. The third-order valence-electron chi connectivity index (χ3n) is 3.65. The van der Waals surface area contributed by atoms with E-state index in [1.165, 1.54) is 12.3 Å². The second-order valence-electron chi connectivity index (χ2n) is 4.84. The summed E-state index contributed by atoms with van der Waals surface area (Å²) in [5.74, 6) is -0.593. The summed E-state index contributed by atoms with van der Waals surface area (Å²) >= 11 is 0. The van der Waals surface area contributed by atoms with E-state index in [2.05, 4.69) is 4.98 Å². The average molecular weight is 264 g/mol. The van der Waals surface area contributed by atoms with Crippen molar-refractivity contribution in [3.8, 4) is 0 Å². The first-order valence-corrected chi connectivity index (χ1v) is 6.45.